The molecule has 0 fully saturated rings. The van der Waals surface area contributed by atoms with E-state index in [9.17, 15) is 9.59 Å². The number of hydrogen-bond acceptors (Lipinski definition) is 7. The van der Waals surface area contributed by atoms with Gasteiger partial charge in [0.25, 0.3) is 5.56 Å². The highest BCUT2D eigenvalue weighted by molar-refractivity contribution is 5.88. The minimum atomic E-state index is -0.198. The molecule has 2 aromatic carbocycles. The Bertz CT molecular complexity index is 1400. The number of amides is 1. The van der Waals surface area contributed by atoms with Gasteiger partial charge in [0.05, 0.1) is 31.2 Å². The van der Waals surface area contributed by atoms with Gasteiger partial charge in [-0.15, -0.1) is 0 Å². The van der Waals surface area contributed by atoms with Crippen molar-refractivity contribution in [3.63, 3.8) is 0 Å². The Morgan fingerprint density at radius 1 is 1.00 bits per heavy atom. The van der Waals surface area contributed by atoms with Crippen molar-refractivity contribution in [1.29, 1.82) is 0 Å². The molecule has 0 saturated carbocycles. The van der Waals surface area contributed by atoms with Crippen LogP contribution in [0.3, 0.4) is 0 Å². The molecule has 2 aromatic heterocycles. The summed E-state index contributed by atoms with van der Waals surface area (Å²) in [5.41, 5.74) is 3.75. The number of benzene rings is 2. The van der Waals surface area contributed by atoms with E-state index in [1.165, 1.54) is 17.7 Å². The number of carbonyl (C=O) groups excluding carboxylic acids is 1. The molecule has 0 aliphatic rings. The van der Waals surface area contributed by atoms with Crippen molar-refractivity contribution >= 4 is 11.6 Å². The van der Waals surface area contributed by atoms with Gasteiger partial charge in [0, 0.05) is 36.3 Å². The van der Waals surface area contributed by atoms with E-state index in [0.29, 0.717) is 36.1 Å². The summed E-state index contributed by atoms with van der Waals surface area (Å²) in [4.78, 5) is 34.8. The first kappa shape index (κ1) is 25.7. The highest BCUT2D eigenvalue weighted by Gasteiger charge is 2.08. The van der Waals surface area contributed by atoms with Crippen molar-refractivity contribution in [2.45, 2.75) is 19.9 Å². The fourth-order valence-electron chi connectivity index (χ4n) is 3.74. The molecular formula is C28H30N6O3. The molecule has 0 aliphatic carbocycles. The number of anilines is 1. The van der Waals surface area contributed by atoms with E-state index < -0.39 is 0 Å². The zero-order valence-electron chi connectivity index (χ0n) is 21.2. The van der Waals surface area contributed by atoms with E-state index in [1.54, 1.807) is 30.6 Å². The zero-order chi connectivity index (χ0) is 26.2. The van der Waals surface area contributed by atoms with Crippen LogP contribution in [0.4, 0.5) is 5.69 Å². The average molecular weight is 499 g/mol. The number of nitrogens with one attached hydrogen (secondary N) is 1. The molecule has 1 amide bonds. The summed E-state index contributed by atoms with van der Waals surface area (Å²) in [6, 6.07) is 18.3. The van der Waals surface area contributed by atoms with Crippen molar-refractivity contribution in [3.8, 4) is 28.4 Å². The van der Waals surface area contributed by atoms with Crippen LogP contribution in [0.1, 0.15) is 18.9 Å². The lowest BCUT2D eigenvalue weighted by Gasteiger charge is -2.10. The summed E-state index contributed by atoms with van der Waals surface area (Å²) >= 11 is 0. The van der Waals surface area contributed by atoms with Crippen LogP contribution in [0.5, 0.6) is 5.75 Å². The van der Waals surface area contributed by atoms with Gasteiger partial charge in [0.2, 0.25) is 5.91 Å². The number of hydrogen-bond donors (Lipinski definition) is 1. The third-order valence-electron chi connectivity index (χ3n) is 5.53. The zero-order valence-corrected chi connectivity index (χ0v) is 21.2. The molecule has 4 aromatic rings. The first-order valence-corrected chi connectivity index (χ1v) is 12.0. The fourth-order valence-corrected chi connectivity index (χ4v) is 3.74. The largest absolute Gasteiger partial charge is 0.490 e. The van der Waals surface area contributed by atoms with Crippen molar-refractivity contribution in [2.24, 2.45) is 0 Å². The van der Waals surface area contributed by atoms with E-state index in [-0.39, 0.29) is 11.5 Å². The summed E-state index contributed by atoms with van der Waals surface area (Å²) in [7, 11) is 4.06. The maximum absolute atomic E-state index is 12.5. The van der Waals surface area contributed by atoms with Crippen LogP contribution in [-0.4, -0.2) is 57.8 Å². The second-order valence-corrected chi connectivity index (χ2v) is 8.92. The number of rotatable bonds is 10. The summed E-state index contributed by atoms with van der Waals surface area (Å²) in [5, 5.41) is 7.29. The molecule has 0 bridgehead atoms. The van der Waals surface area contributed by atoms with Gasteiger partial charge in [-0.25, -0.2) is 14.6 Å². The van der Waals surface area contributed by atoms with Crippen LogP contribution in [0.15, 0.2) is 77.9 Å². The normalized spacial score (nSPS) is 10.9. The summed E-state index contributed by atoms with van der Waals surface area (Å²) < 4.78 is 7.15. The van der Waals surface area contributed by atoms with Crippen LogP contribution >= 0.6 is 0 Å². The molecular weight excluding hydrogens is 468 g/mol. The molecule has 0 saturated heterocycles. The lowest BCUT2D eigenvalue weighted by atomic mass is 10.1. The van der Waals surface area contributed by atoms with E-state index in [2.05, 4.69) is 25.3 Å². The summed E-state index contributed by atoms with van der Waals surface area (Å²) in [5.74, 6) is 1.08. The Kier molecular flexibility index (Phi) is 8.37. The molecule has 1 N–H and O–H groups in total. The number of carbonyl (C=O) groups is 1. The Hall–Kier alpha value is -4.37. The standard InChI is InChI=1S/C28H30N6O3/c1-20(35)31-24-10-8-22(9-11-24)26-12-13-27(36)34(32-26)19-21-6-4-7-23(16-21)28-29-17-25(18-30-28)37-15-5-14-33(2)3/h4,6-13,16-18H,5,14-15,19H2,1-3H3,(H,31,35). The number of nitrogens with zero attached hydrogens (tertiary/aromatic N) is 5. The topological polar surface area (TPSA) is 102 Å². The fraction of sp³-hybridized carbons (Fsp3) is 0.250. The van der Waals surface area contributed by atoms with Crippen molar-refractivity contribution in [1.82, 2.24) is 24.6 Å². The van der Waals surface area contributed by atoms with Gasteiger partial charge in [0.15, 0.2) is 11.6 Å². The van der Waals surface area contributed by atoms with Crippen molar-refractivity contribution in [2.75, 3.05) is 32.6 Å². The Labute approximate surface area is 215 Å². The molecule has 4 rings (SSSR count). The minimum absolute atomic E-state index is 0.132. The quantitative estimate of drug-likeness (QED) is 0.333. The van der Waals surface area contributed by atoms with Crippen LogP contribution < -0.4 is 15.6 Å². The molecule has 0 aliphatic heterocycles. The highest BCUT2D eigenvalue weighted by atomic mass is 16.5. The summed E-state index contributed by atoms with van der Waals surface area (Å²) in [6.07, 6.45) is 4.28. The predicted molar refractivity (Wildman–Crippen MR) is 143 cm³/mol. The lowest BCUT2D eigenvalue weighted by Crippen LogP contribution is -2.22. The van der Waals surface area contributed by atoms with Crippen molar-refractivity contribution in [3.05, 3.63) is 89.0 Å². The SMILES string of the molecule is CC(=O)Nc1ccc(-c2ccc(=O)n(Cc3cccc(-c4ncc(OCCCN(C)C)cn4)c3)n2)cc1. The molecule has 37 heavy (non-hydrogen) atoms. The molecule has 9 heteroatoms. The molecule has 9 nitrogen and oxygen atoms in total. The van der Waals surface area contributed by atoms with Gasteiger partial charge in [-0.2, -0.15) is 5.10 Å². The van der Waals surface area contributed by atoms with Gasteiger partial charge in [-0.05, 0) is 50.3 Å². The predicted octanol–water partition coefficient (Wildman–Crippen LogP) is 3.70. The van der Waals surface area contributed by atoms with Gasteiger partial charge in [-0.3, -0.25) is 9.59 Å². The molecule has 0 atom stereocenters. The lowest BCUT2D eigenvalue weighted by molar-refractivity contribution is -0.114. The summed E-state index contributed by atoms with van der Waals surface area (Å²) in [6.45, 7) is 3.33. The number of aromatic nitrogens is 4. The van der Waals surface area contributed by atoms with Crippen molar-refractivity contribution < 1.29 is 9.53 Å². The Balaban J connectivity index is 1.46. The first-order valence-electron chi connectivity index (χ1n) is 12.0. The van der Waals surface area contributed by atoms with E-state index in [4.69, 9.17) is 4.74 Å². The highest BCUT2D eigenvalue weighted by Crippen LogP contribution is 2.20. The van der Waals surface area contributed by atoms with Crippen LogP contribution in [-0.2, 0) is 11.3 Å². The Morgan fingerprint density at radius 3 is 2.46 bits per heavy atom. The van der Waals surface area contributed by atoms with Crippen LogP contribution in [0, 0.1) is 0 Å². The third kappa shape index (κ3) is 7.31. The second-order valence-electron chi connectivity index (χ2n) is 8.92. The molecule has 190 valence electrons. The van der Waals surface area contributed by atoms with Crippen LogP contribution in [0.2, 0.25) is 0 Å². The first-order chi connectivity index (χ1) is 17.9. The maximum atomic E-state index is 12.5. The van der Waals surface area contributed by atoms with E-state index >= 15 is 0 Å². The maximum Gasteiger partial charge on any atom is 0.267 e. The third-order valence-corrected chi connectivity index (χ3v) is 5.53. The Morgan fingerprint density at radius 2 is 1.76 bits per heavy atom. The monoisotopic (exact) mass is 498 g/mol. The average Bonchev–Trinajstić information content (AvgIpc) is 2.88. The van der Waals surface area contributed by atoms with Gasteiger partial charge in [0.1, 0.15) is 0 Å². The van der Waals surface area contributed by atoms with Gasteiger partial charge >= 0.3 is 0 Å². The molecule has 2 heterocycles. The molecule has 0 spiro atoms. The van der Waals surface area contributed by atoms with E-state index in [1.807, 2.05) is 50.5 Å². The van der Waals surface area contributed by atoms with Crippen LogP contribution in [0.25, 0.3) is 22.6 Å². The number of ether oxygens (including phenoxy) is 1. The second kappa shape index (κ2) is 12.0. The van der Waals surface area contributed by atoms with E-state index in [0.717, 1.165) is 29.7 Å². The van der Waals surface area contributed by atoms with Gasteiger partial charge in [-0.1, -0.05) is 30.3 Å². The van der Waals surface area contributed by atoms with Gasteiger partial charge < -0.3 is 15.0 Å². The molecule has 0 unspecified atom stereocenters. The smallest absolute Gasteiger partial charge is 0.267 e. The minimum Gasteiger partial charge on any atom is -0.490 e. The molecule has 0 radical (unpaired) electrons.